The lowest BCUT2D eigenvalue weighted by molar-refractivity contribution is -0.193. The number of carbonyl (C=O) groups excluding carboxylic acids is 4. The van der Waals surface area contributed by atoms with E-state index in [9.17, 15) is 0 Å². The lowest BCUT2D eigenvalue weighted by atomic mass is 10.2. The SMILES string of the molecule is Cc1ccc(Cl)cc1.Cc1ccccc1.O=C=O.O=C=O. The van der Waals surface area contributed by atoms with Crippen molar-refractivity contribution in [2.24, 2.45) is 0 Å². The molecule has 21 heavy (non-hydrogen) atoms. The van der Waals surface area contributed by atoms with Crippen LogP contribution in [0, 0.1) is 13.8 Å². The number of hydrogen-bond acceptors (Lipinski definition) is 4. The summed E-state index contributed by atoms with van der Waals surface area (Å²) in [5, 5.41) is 0.801. The number of halogens is 1. The van der Waals surface area contributed by atoms with Gasteiger partial charge in [0.05, 0.1) is 0 Å². The molecule has 0 aliphatic heterocycles. The number of rotatable bonds is 0. The molecule has 0 atom stereocenters. The molecule has 0 spiro atoms. The Morgan fingerprint density at radius 3 is 1.24 bits per heavy atom. The van der Waals surface area contributed by atoms with Gasteiger partial charge in [0.15, 0.2) is 0 Å². The Labute approximate surface area is 128 Å². The van der Waals surface area contributed by atoms with Crippen LogP contribution in [0.5, 0.6) is 0 Å². The zero-order chi connectivity index (χ0) is 16.5. The monoisotopic (exact) mass is 306 g/mol. The van der Waals surface area contributed by atoms with E-state index in [1.807, 2.05) is 49.4 Å². The molecular formula is C16H15ClO4. The fourth-order valence-electron chi connectivity index (χ4n) is 1.07. The van der Waals surface area contributed by atoms with E-state index in [-0.39, 0.29) is 12.3 Å². The predicted octanol–water partition coefficient (Wildman–Crippen LogP) is 3.48. The van der Waals surface area contributed by atoms with E-state index in [1.165, 1.54) is 11.1 Å². The molecule has 2 aromatic rings. The maximum absolute atomic E-state index is 8.12. The molecule has 0 aliphatic carbocycles. The second-order valence-corrected chi connectivity index (χ2v) is 4.05. The normalized spacial score (nSPS) is 7.19. The van der Waals surface area contributed by atoms with Gasteiger partial charge in [-0.15, -0.1) is 0 Å². The second kappa shape index (κ2) is 15.5. The highest BCUT2D eigenvalue weighted by Gasteiger charge is 1.81. The van der Waals surface area contributed by atoms with Crippen LogP contribution in [0.4, 0.5) is 0 Å². The Bertz CT molecular complexity index is 505. The maximum Gasteiger partial charge on any atom is 0.373 e. The summed E-state index contributed by atoms with van der Waals surface area (Å²) in [5.74, 6) is 0. The predicted molar refractivity (Wildman–Crippen MR) is 77.4 cm³/mol. The van der Waals surface area contributed by atoms with E-state index in [4.69, 9.17) is 30.8 Å². The van der Waals surface area contributed by atoms with E-state index < -0.39 is 0 Å². The minimum atomic E-state index is 0.250. The highest BCUT2D eigenvalue weighted by Crippen LogP contribution is 2.07. The molecule has 0 heterocycles. The maximum atomic E-state index is 8.12. The lowest BCUT2D eigenvalue weighted by Gasteiger charge is -1.88. The summed E-state index contributed by atoms with van der Waals surface area (Å²) in [6.07, 6.45) is 0.500. The van der Waals surface area contributed by atoms with E-state index in [0.29, 0.717) is 0 Å². The van der Waals surface area contributed by atoms with Gasteiger partial charge in [-0.2, -0.15) is 19.2 Å². The summed E-state index contributed by atoms with van der Waals surface area (Å²) in [6.45, 7) is 4.12. The molecule has 110 valence electrons. The van der Waals surface area contributed by atoms with Crippen molar-refractivity contribution in [3.63, 3.8) is 0 Å². The summed E-state index contributed by atoms with van der Waals surface area (Å²) in [4.78, 5) is 32.5. The summed E-state index contributed by atoms with van der Waals surface area (Å²) < 4.78 is 0. The molecule has 5 heteroatoms. The minimum Gasteiger partial charge on any atom is -0.186 e. The van der Waals surface area contributed by atoms with E-state index in [1.54, 1.807) is 0 Å². The average Bonchev–Trinajstić information content (AvgIpc) is 2.45. The van der Waals surface area contributed by atoms with Gasteiger partial charge < -0.3 is 0 Å². The van der Waals surface area contributed by atoms with Gasteiger partial charge in [0.1, 0.15) is 0 Å². The summed E-state index contributed by atoms with van der Waals surface area (Å²) in [5.41, 5.74) is 2.57. The van der Waals surface area contributed by atoms with Crippen LogP contribution in [-0.4, -0.2) is 12.3 Å². The van der Waals surface area contributed by atoms with Crippen molar-refractivity contribution in [2.45, 2.75) is 13.8 Å². The summed E-state index contributed by atoms with van der Waals surface area (Å²) >= 11 is 5.61. The number of hydrogen-bond donors (Lipinski definition) is 0. The van der Waals surface area contributed by atoms with Crippen LogP contribution in [-0.2, 0) is 19.2 Å². The number of aryl methyl sites for hydroxylation is 2. The Balaban J connectivity index is 0. The number of benzene rings is 2. The van der Waals surface area contributed by atoms with Gasteiger partial charge in [0, 0.05) is 5.02 Å². The fourth-order valence-corrected chi connectivity index (χ4v) is 1.19. The molecule has 0 aliphatic rings. The highest BCUT2D eigenvalue weighted by molar-refractivity contribution is 6.30. The van der Waals surface area contributed by atoms with Gasteiger partial charge in [-0.25, -0.2) is 0 Å². The highest BCUT2D eigenvalue weighted by atomic mass is 35.5. The first-order chi connectivity index (χ1) is 10.0. The smallest absolute Gasteiger partial charge is 0.186 e. The van der Waals surface area contributed by atoms with Gasteiger partial charge in [0.2, 0.25) is 0 Å². The van der Waals surface area contributed by atoms with Crippen molar-refractivity contribution in [3.8, 4) is 0 Å². The van der Waals surface area contributed by atoms with Gasteiger partial charge in [0.25, 0.3) is 0 Å². The third-order valence-corrected chi connectivity index (χ3v) is 2.20. The zero-order valence-electron chi connectivity index (χ0n) is 11.7. The third kappa shape index (κ3) is 17.5. The van der Waals surface area contributed by atoms with Gasteiger partial charge >= 0.3 is 12.3 Å². The van der Waals surface area contributed by atoms with Crippen LogP contribution < -0.4 is 0 Å². The van der Waals surface area contributed by atoms with E-state index in [0.717, 1.165) is 5.02 Å². The topological polar surface area (TPSA) is 68.3 Å². The molecular weight excluding hydrogens is 292 g/mol. The molecule has 0 amide bonds. The second-order valence-electron chi connectivity index (χ2n) is 3.62. The summed E-state index contributed by atoms with van der Waals surface area (Å²) in [6, 6.07) is 18.0. The minimum absolute atomic E-state index is 0.250. The molecule has 0 N–H and O–H groups in total. The molecule has 0 unspecified atom stereocenters. The zero-order valence-corrected chi connectivity index (χ0v) is 12.5. The van der Waals surface area contributed by atoms with Crippen LogP contribution in [0.1, 0.15) is 11.1 Å². The van der Waals surface area contributed by atoms with Crippen LogP contribution in [0.25, 0.3) is 0 Å². The molecule has 0 saturated heterocycles. The standard InChI is InChI=1S/C7H7Cl.C7H8.2CO2/c1-6-2-4-7(8)5-3-6;1-7-5-3-2-4-6-7;2*2-1-3/h2-5H,1H3;2-6H,1H3;;. The van der Waals surface area contributed by atoms with Crippen molar-refractivity contribution in [1.29, 1.82) is 0 Å². The van der Waals surface area contributed by atoms with Crippen LogP contribution >= 0.6 is 11.6 Å². The van der Waals surface area contributed by atoms with Gasteiger partial charge in [-0.3, -0.25) is 0 Å². The Morgan fingerprint density at radius 2 is 1.00 bits per heavy atom. The molecule has 0 fully saturated rings. The van der Waals surface area contributed by atoms with Crippen molar-refractivity contribution in [3.05, 3.63) is 70.7 Å². The molecule has 0 saturated carbocycles. The Morgan fingerprint density at radius 1 is 0.667 bits per heavy atom. The first-order valence-electron chi connectivity index (χ1n) is 5.74. The Hall–Kier alpha value is -2.51. The largest absolute Gasteiger partial charge is 0.373 e. The molecule has 0 radical (unpaired) electrons. The first kappa shape index (κ1) is 20.8. The summed E-state index contributed by atoms with van der Waals surface area (Å²) in [7, 11) is 0. The molecule has 2 aromatic carbocycles. The van der Waals surface area contributed by atoms with Crippen molar-refractivity contribution in [2.75, 3.05) is 0 Å². The molecule has 0 bridgehead atoms. The van der Waals surface area contributed by atoms with Crippen LogP contribution in [0.2, 0.25) is 5.02 Å². The van der Waals surface area contributed by atoms with Crippen LogP contribution in [0.3, 0.4) is 0 Å². The van der Waals surface area contributed by atoms with Crippen molar-refractivity contribution >= 4 is 23.9 Å². The molecule has 2 rings (SSSR count). The lowest BCUT2D eigenvalue weighted by Crippen LogP contribution is -1.66. The average molecular weight is 307 g/mol. The van der Waals surface area contributed by atoms with E-state index in [2.05, 4.69) is 19.1 Å². The van der Waals surface area contributed by atoms with Crippen molar-refractivity contribution < 1.29 is 19.2 Å². The van der Waals surface area contributed by atoms with Crippen molar-refractivity contribution in [1.82, 2.24) is 0 Å². The molecule has 0 aromatic heterocycles. The fraction of sp³-hybridized carbons (Fsp3) is 0.125. The van der Waals surface area contributed by atoms with E-state index >= 15 is 0 Å². The molecule has 4 nitrogen and oxygen atoms in total. The van der Waals surface area contributed by atoms with Gasteiger partial charge in [-0.05, 0) is 26.0 Å². The first-order valence-corrected chi connectivity index (χ1v) is 6.12. The van der Waals surface area contributed by atoms with Gasteiger partial charge in [-0.1, -0.05) is 65.2 Å². The third-order valence-electron chi connectivity index (χ3n) is 1.95. The quantitative estimate of drug-likeness (QED) is 0.747. The Kier molecular flexibility index (Phi) is 15.4. The van der Waals surface area contributed by atoms with Crippen LogP contribution in [0.15, 0.2) is 54.6 Å².